The topological polar surface area (TPSA) is 68.8 Å². The van der Waals surface area contributed by atoms with Gasteiger partial charge in [0.05, 0.1) is 27.9 Å². The van der Waals surface area contributed by atoms with Crippen LogP contribution in [0.4, 0.5) is 11.4 Å². The zero-order valence-electron chi connectivity index (χ0n) is 15.9. The molecule has 0 aromatic heterocycles. The minimum Gasteiger partial charge on any atom is -0.493 e. The van der Waals surface area contributed by atoms with Crippen LogP contribution in [0, 0.1) is 0 Å². The summed E-state index contributed by atoms with van der Waals surface area (Å²) in [5.74, 6) is 1.83. The molecule has 0 spiro atoms. The fraction of sp³-hybridized carbons (Fsp3) is 0.350. The highest BCUT2D eigenvalue weighted by Crippen LogP contribution is 2.39. The van der Waals surface area contributed by atoms with Crippen molar-refractivity contribution in [3.63, 3.8) is 0 Å². The van der Waals surface area contributed by atoms with Gasteiger partial charge in [0, 0.05) is 23.5 Å². The Labute approximate surface area is 154 Å². The van der Waals surface area contributed by atoms with Crippen LogP contribution in [0.25, 0.3) is 0 Å². The molecule has 26 heavy (non-hydrogen) atoms. The molecular weight excluding hydrogens is 332 g/mol. The van der Waals surface area contributed by atoms with E-state index in [4.69, 9.17) is 14.2 Å². The van der Waals surface area contributed by atoms with Gasteiger partial charge in [-0.25, -0.2) is 0 Å². The second-order valence-electron chi connectivity index (χ2n) is 6.10. The van der Waals surface area contributed by atoms with E-state index in [0.717, 1.165) is 5.69 Å². The number of hydrogen-bond donors (Lipinski definition) is 2. The Morgan fingerprint density at radius 3 is 2.15 bits per heavy atom. The number of methoxy groups -OCH3 is 3. The van der Waals surface area contributed by atoms with E-state index in [-0.39, 0.29) is 12.5 Å². The van der Waals surface area contributed by atoms with E-state index in [1.165, 1.54) is 5.56 Å². The van der Waals surface area contributed by atoms with E-state index in [1.807, 2.05) is 18.2 Å². The first-order valence-electron chi connectivity index (χ1n) is 8.42. The van der Waals surface area contributed by atoms with Crippen molar-refractivity contribution in [3.05, 3.63) is 42.0 Å². The zero-order chi connectivity index (χ0) is 19.1. The van der Waals surface area contributed by atoms with Gasteiger partial charge >= 0.3 is 0 Å². The predicted molar refractivity (Wildman–Crippen MR) is 104 cm³/mol. The fourth-order valence-electron chi connectivity index (χ4n) is 2.55. The van der Waals surface area contributed by atoms with Crippen LogP contribution in [-0.2, 0) is 4.79 Å². The summed E-state index contributed by atoms with van der Waals surface area (Å²) in [6.07, 6.45) is 0. The Bertz CT molecular complexity index is 734. The molecule has 0 unspecified atom stereocenters. The first-order chi connectivity index (χ1) is 12.5. The monoisotopic (exact) mass is 358 g/mol. The van der Waals surface area contributed by atoms with Crippen molar-refractivity contribution in [1.82, 2.24) is 0 Å². The van der Waals surface area contributed by atoms with E-state index >= 15 is 0 Å². The van der Waals surface area contributed by atoms with E-state index < -0.39 is 0 Å². The molecule has 0 saturated carbocycles. The predicted octanol–water partition coefficient (Wildman–Crippen LogP) is 3.89. The van der Waals surface area contributed by atoms with Gasteiger partial charge in [0.2, 0.25) is 11.7 Å². The number of anilines is 2. The van der Waals surface area contributed by atoms with Crippen LogP contribution in [-0.4, -0.2) is 33.8 Å². The molecule has 2 N–H and O–H groups in total. The standard InChI is InChI=1S/C20H26N2O4/c1-13(2)14-7-6-8-15(9-14)22-19(23)12-21-16-10-17(24-3)20(26-5)18(11-16)25-4/h6-11,13,21H,12H2,1-5H3,(H,22,23). The highest BCUT2D eigenvalue weighted by atomic mass is 16.5. The van der Waals surface area contributed by atoms with Gasteiger partial charge in [0.1, 0.15) is 0 Å². The molecular formula is C20H26N2O4. The molecule has 140 valence electrons. The van der Waals surface area contributed by atoms with Crippen molar-refractivity contribution in [2.24, 2.45) is 0 Å². The highest BCUT2D eigenvalue weighted by Gasteiger charge is 2.13. The average molecular weight is 358 g/mol. The third-order valence-corrected chi connectivity index (χ3v) is 3.95. The Kier molecular flexibility index (Phi) is 6.72. The van der Waals surface area contributed by atoms with Crippen molar-refractivity contribution in [2.75, 3.05) is 38.5 Å². The summed E-state index contributed by atoms with van der Waals surface area (Å²) < 4.78 is 15.9. The second-order valence-corrected chi connectivity index (χ2v) is 6.10. The molecule has 2 rings (SSSR count). The molecule has 2 aromatic rings. The summed E-state index contributed by atoms with van der Waals surface area (Å²) >= 11 is 0. The number of hydrogen-bond acceptors (Lipinski definition) is 5. The van der Waals surface area contributed by atoms with Gasteiger partial charge in [0.15, 0.2) is 11.5 Å². The molecule has 6 nitrogen and oxygen atoms in total. The number of rotatable bonds is 8. The average Bonchev–Trinajstić information content (AvgIpc) is 2.65. The first-order valence-corrected chi connectivity index (χ1v) is 8.42. The molecule has 2 aromatic carbocycles. The van der Waals surface area contributed by atoms with Crippen molar-refractivity contribution in [3.8, 4) is 17.2 Å². The largest absolute Gasteiger partial charge is 0.493 e. The molecule has 0 aliphatic rings. The summed E-state index contributed by atoms with van der Waals surface area (Å²) in [6, 6.07) is 11.4. The lowest BCUT2D eigenvalue weighted by atomic mass is 10.0. The number of nitrogens with one attached hydrogen (secondary N) is 2. The van der Waals surface area contributed by atoms with Gasteiger partial charge in [-0.3, -0.25) is 4.79 Å². The Hall–Kier alpha value is -2.89. The van der Waals surface area contributed by atoms with E-state index in [0.29, 0.717) is 28.9 Å². The molecule has 0 atom stereocenters. The van der Waals surface area contributed by atoms with Crippen LogP contribution >= 0.6 is 0 Å². The molecule has 0 bridgehead atoms. The molecule has 0 aliphatic carbocycles. The first kappa shape index (κ1) is 19.4. The second kappa shape index (κ2) is 8.99. The lowest BCUT2D eigenvalue weighted by Crippen LogP contribution is -2.21. The van der Waals surface area contributed by atoms with E-state index in [1.54, 1.807) is 33.5 Å². The number of carbonyl (C=O) groups is 1. The van der Waals surface area contributed by atoms with E-state index in [2.05, 4.69) is 30.5 Å². The number of carbonyl (C=O) groups excluding carboxylic acids is 1. The smallest absolute Gasteiger partial charge is 0.243 e. The lowest BCUT2D eigenvalue weighted by molar-refractivity contribution is -0.114. The third kappa shape index (κ3) is 4.81. The minimum atomic E-state index is -0.139. The van der Waals surface area contributed by atoms with E-state index in [9.17, 15) is 4.79 Å². The number of benzene rings is 2. The van der Waals surface area contributed by atoms with Crippen molar-refractivity contribution >= 4 is 17.3 Å². The summed E-state index contributed by atoms with van der Waals surface area (Å²) in [7, 11) is 4.65. The van der Waals surface area contributed by atoms with Gasteiger partial charge in [-0.15, -0.1) is 0 Å². The van der Waals surface area contributed by atoms with Crippen LogP contribution in [0.2, 0.25) is 0 Å². The summed E-state index contributed by atoms with van der Waals surface area (Å²) in [5.41, 5.74) is 2.67. The van der Waals surface area contributed by atoms with Crippen LogP contribution in [0.3, 0.4) is 0 Å². The Morgan fingerprint density at radius 2 is 1.62 bits per heavy atom. The lowest BCUT2D eigenvalue weighted by Gasteiger charge is -2.15. The maximum atomic E-state index is 12.2. The zero-order valence-corrected chi connectivity index (χ0v) is 15.9. The van der Waals surface area contributed by atoms with Crippen LogP contribution in [0.1, 0.15) is 25.3 Å². The number of ether oxygens (including phenoxy) is 3. The molecule has 0 fully saturated rings. The summed E-state index contributed by atoms with van der Waals surface area (Å²) in [6.45, 7) is 4.35. The molecule has 0 heterocycles. The quantitative estimate of drug-likeness (QED) is 0.749. The van der Waals surface area contributed by atoms with Gasteiger partial charge in [-0.1, -0.05) is 26.0 Å². The van der Waals surface area contributed by atoms with Crippen molar-refractivity contribution in [1.29, 1.82) is 0 Å². The number of amides is 1. The minimum absolute atomic E-state index is 0.116. The van der Waals surface area contributed by atoms with Gasteiger partial charge in [-0.2, -0.15) is 0 Å². The summed E-state index contributed by atoms with van der Waals surface area (Å²) in [4.78, 5) is 12.2. The third-order valence-electron chi connectivity index (χ3n) is 3.95. The van der Waals surface area contributed by atoms with Crippen molar-refractivity contribution < 1.29 is 19.0 Å². The Morgan fingerprint density at radius 1 is 0.962 bits per heavy atom. The van der Waals surface area contributed by atoms with Gasteiger partial charge < -0.3 is 24.8 Å². The van der Waals surface area contributed by atoms with Crippen molar-refractivity contribution in [2.45, 2.75) is 19.8 Å². The summed E-state index contributed by atoms with van der Waals surface area (Å²) in [5, 5.41) is 5.97. The van der Waals surface area contributed by atoms with Crippen LogP contribution in [0.15, 0.2) is 36.4 Å². The molecule has 1 amide bonds. The van der Waals surface area contributed by atoms with Crippen LogP contribution in [0.5, 0.6) is 17.2 Å². The highest BCUT2D eigenvalue weighted by molar-refractivity contribution is 5.93. The fourth-order valence-corrected chi connectivity index (χ4v) is 2.55. The van der Waals surface area contributed by atoms with Gasteiger partial charge in [0.25, 0.3) is 0 Å². The molecule has 0 saturated heterocycles. The molecule has 6 heteroatoms. The normalized spacial score (nSPS) is 10.4. The van der Waals surface area contributed by atoms with Crippen LogP contribution < -0.4 is 24.8 Å². The molecule has 0 radical (unpaired) electrons. The molecule has 0 aliphatic heterocycles. The maximum absolute atomic E-state index is 12.2. The SMILES string of the molecule is COc1cc(NCC(=O)Nc2cccc(C(C)C)c2)cc(OC)c1OC. The Balaban J connectivity index is 2.04. The maximum Gasteiger partial charge on any atom is 0.243 e. The van der Waals surface area contributed by atoms with Gasteiger partial charge in [-0.05, 0) is 23.6 Å².